The summed E-state index contributed by atoms with van der Waals surface area (Å²) in [5, 5.41) is 9.25. The highest BCUT2D eigenvalue weighted by molar-refractivity contribution is 7.52. The molecule has 0 fully saturated rings. The minimum Gasteiger partial charge on any atom is -0.378 e. The average molecular weight is 392 g/mol. The smallest absolute Gasteiger partial charge is 0.332 e. The van der Waals surface area contributed by atoms with E-state index >= 15 is 0 Å². The standard InChI is InChI=1S/C20H42NO4P/c1-2-3-4-5-6-7-8-9-10-11-12-13-14-15-16-17-18-19(20(21)22)26(23,24)25/h9-10,19-20,22H,2-8,11-18,21H2,1H3,(H2,23,24,25)/b10-9-. The minimum absolute atomic E-state index is 0.281. The molecular formula is C20H42NO4P. The quantitative estimate of drug-likeness (QED) is 0.111. The topological polar surface area (TPSA) is 104 Å². The van der Waals surface area contributed by atoms with Gasteiger partial charge in [-0.1, -0.05) is 83.3 Å². The molecule has 2 atom stereocenters. The maximum Gasteiger partial charge on any atom is 0.332 e. The van der Waals surface area contributed by atoms with Gasteiger partial charge >= 0.3 is 7.60 Å². The zero-order valence-electron chi connectivity index (χ0n) is 16.7. The summed E-state index contributed by atoms with van der Waals surface area (Å²) in [6.45, 7) is 2.25. The molecular weight excluding hydrogens is 349 g/mol. The molecule has 0 bridgehead atoms. The molecule has 0 aliphatic rings. The van der Waals surface area contributed by atoms with Crippen molar-refractivity contribution in [2.45, 2.75) is 115 Å². The van der Waals surface area contributed by atoms with E-state index in [0.29, 0.717) is 6.42 Å². The zero-order valence-corrected chi connectivity index (χ0v) is 17.6. The van der Waals surface area contributed by atoms with E-state index in [1.54, 1.807) is 0 Å². The van der Waals surface area contributed by atoms with Crippen molar-refractivity contribution in [1.82, 2.24) is 0 Å². The lowest BCUT2D eigenvalue weighted by molar-refractivity contribution is 0.158. The van der Waals surface area contributed by atoms with Crippen LogP contribution in [-0.2, 0) is 4.57 Å². The predicted molar refractivity (Wildman–Crippen MR) is 110 cm³/mol. The van der Waals surface area contributed by atoms with Crippen LogP contribution in [0.5, 0.6) is 0 Å². The molecule has 0 heterocycles. The van der Waals surface area contributed by atoms with E-state index in [1.807, 2.05) is 0 Å². The highest BCUT2D eigenvalue weighted by Crippen LogP contribution is 2.44. The molecule has 5 nitrogen and oxygen atoms in total. The summed E-state index contributed by atoms with van der Waals surface area (Å²) < 4.78 is 11.2. The fraction of sp³-hybridized carbons (Fsp3) is 0.900. The van der Waals surface area contributed by atoms with Crippen molar-refractivity contribution in [3.05, 3.63) is 12.2 Å². The van der Waals surface area contributed by atoms with E-state index in [9.17, 15) is 9.67 Å². The third-order valence-corrected chi connectivity index (χ3v) is 6.27. The first-order valence-corrected chi connectivity index (χ1v) is 12.2. The predicted octanol–water partition coefficient (Wildman–Crippen LogP) is 5.24. The maximum absolute atomic E-state index is 11.2. The number of nitrogens with two attached hydrogens (primary N) is 1. The van der Waals surface area contributed by atoms with Crippen molar-refractivity contribution in [3.8, 4) is 0 Å². The summed E-state index contributed by atoms with van der Waals surface area (Å²) in [6, 6.07) is 0. The number of aliphatic hydroxyl groups is 1. The van der Waals surface area contributed by atoms with Crippen molar-refractivity contribution in [1.29, 1.82) is 0 Å². The average Bonchev–Trinajstić information content (AvgIpc) is 2.56. The minimum atomic E-state index is -4.30. The van der Waals surface area contributed by atoms with E-state index < -0.39 is 19.5 Å². The SMILES string of the molecule is CCCCCCCC/C=C\CCCCCCCCC(C(N)O)P(=O)(O)O. The molecule has 0 rings (SSSR count). The lowest BCUT2D eigenvalue weighted by Crippen LogP contribution is -2.34. The van der Waals surface area contributed by atoms with Gasteiger partial charge in [0.15, 0.2) is 0 Å². The monoisotopic (exact) mass is 391 g/mol. The Kier molecular flexibility index (Phi) is 16.8. The van der Waals surface area contributed by atoms with Crippen molar-refractivity contribution in [2.75, 3.05) is 0 Å². The number of hydrogen-bond acceptors (Lipinski definition) is 3. The lowest BCUT2D eigenvalue weighted by atomic mass is 10.1. The van der Waals surface area contributed by atoms with Gasteiger partial charge in [0.05, 0.1) is 0 Å². The molecule has 0 saturated heterocycles. The lowest BCUT2D eigenvalue weighted by Gasteiger charge is -2.20. The normalized spacial score (nSPS) is 14.8. The number of allylic oxidation sites excluding steroid dienone is 2. The van der Waals surface area contributed by atoms with Gasteiger partial charge < -0.3 is 20.6 Å². The van der Waals surface area contributed by atoms with Crippen LogP contribution in [0, 0.1) is 0 Å². The molecule has 156 valence electrons. The Morgan fingerprint density at radius 1 is 0.808 bits per heavy atom. The molecule has 0 saturated carbocycles. The molecule has 5 N–H and O–H groups in total. The van der Waals surface area contributed by atoms with Gasteiger partial charge in [0, 0.05) is 0 Å². The van der Waals surface area contributed by atoms with Gasteiger partial charge in [0.25, 0.3) is 0 Å². The molecule has 2 unspecified atom stereocenters. The first-order chi connectivity index (χ1) is 12.4. The van der Waals surface area contributed by atoms with Crippen LogP contribution < -0.4 is 5.73 Å². The van der Waals surface area contributed by atoms with Gasteiger partial charge in [-0.25, -0.2) is 0 Å². The molecule has 0 aromatic heterocycles. The van der Waals surface area contributed by atoms with Gasteiger partial charge in [0.2, 0.25) is 0 Å². The van der Waals surface area contributed by atoms with E-state index in [1.165, 1.54) is 57.8 Å². The van der Waals surface area contributed by atoms with E-state index in [0.717, 1.165) is 25.7 Å². The van der Waals surface area contributed by atoms with E-state index in [2.05, 4.69) is 19.1 Å². The fourth-order valence-electron chi connectivity index (χ4n) is 3.14. The summed E-state index contributed by atoms with van der Waals surface area (Å²) >= 11 is 0. The number of rotatable bonds is 18. The number of unbranched alkanes of at least 4 members (excludes halogenated alkanes) is 12. The Bertz CT molecular complexity index is 382. The molecule has 26 heavy (non-hydrogen) atoms. The Morgan fingerprint density at radius 3 is 1.65 bits per heavy atom. The largest absolute Gasteiger partial charge is 0.378 e. The Balaban J connectivity index is 3.41. The molecule has 0 aliphatic carbocycles. The Hall–Kier alpha value is -0.190. The van der Waals surface area contributed by atoms with Crippen LogP contribution in [0.15, 0.2) is 12.2 Å². The molecule has 0 aromatic rings. The number of aliphatic hydroxyl groups excluding tert-OH is 1. The third kappa shape index (κ3) is 16.0. The van der Waals surface area contributed by atoms with Gasteiger partial charge in [-0.15, -0.1) is 0 Å². The molecule has 0 aliphatic heterocycles. The Labute approximate surface area is 160 Å². The first-order valence-electron chi connectivity index (χ1n) is 10.5. The molecule has 0 amide bonds. The van der Waals surface area contributed by atoms with Crippen LogP contribution in [0.3, 0.4) is 0 Å². The highest BCUT2D eigenvalue weighted by Gasteiger charge is 2.32. The first kappa shape index (κ1) is 25.8. The third-order valence-electron chi connectivity index (χ3n) is 4.84. The second-order valence-corrected chi connectivity index (χ2v) is 9.22. The highest BCUT2D eigenvalue weighted by atomic mass is 31.2. The van der Waals surface area contributed by atoms with Crippen molar-refractivity contribution in [3.63, 3.8) is 0 Å². The summed E-state index contributed by atoms with van der Waals surface area (Å²) in [5.41, 5.74) is 4.12. The van der Waals surface area contributed by atoms with Crippen LogP contribution in [0.4, 0.5) is 0 Å². The zero-order chi connectivity index (χ0) is 19.7. The van der Waals surface area contributed by atoms with Gasteiger partial charge in [-0.3, -0.25) is 4.57 Å². The molecule has 0 aromatic carbocycles. The van der Waals surface area contributed by atoms with Crippen LogP contribution in [0.2, 0.25) is 0 Å². The molecule has 0 spiro atoms. The van der Waals surface area contributed by atoms with Gasteiger partial charge in [-0.05, 0) is 32.1 Å². The van der Waals surface area contributed by atoms with Crippen molar-refractivity contribution in [2.24, 2.45) is 5.73 Å². The maximum atomic E-state index is 11.2. The van der Waals surface area contributed by atoms with Gasteiger partial charge in [0.1, 0.15) is 11.9 Å². The molecule has 0 radical (unpaired) electrons. The van der Waals surface area contributed by atoms with Crippen LogP contribution in [0.1, 0.15) is 103 Å². The fourth-order valence-corrected chi connectivity index (χ4v) is 4.06. The summed E-state index contributed by atoms with van der Waals surface area (Å²) in [6.07, 6.45) is 20.2. The van der Waals surface area contributed by atoms with E-state index in [-0.39, 0.29) is 6.42 Å². The van der Waals surface area contributed by atoms with Crippen LogP contribution in [-0.4, -0.2) is 26.8 Å². The van der Waals surface area contributed by atoms with Crippen molar-refractivity contribution >= 4 is 7.60 Å². The Morgan fingerprint density at radius 2 is 1.23 bits per heavy atom. The van der Waals surface area contributed by atoms with Gasteiger partial charge in [-0.2, -0.15) is 0 Å². The number of hydrogen-bond donors (Lipinski definition) is 4. The second kappa shape index (κ2) is 16.9. The van der Waals surface area contributed by atoms with Crippen molar-refractivity contribution < 1.29 is 19.5 Å². The molecule has 6 heteroatoms. The van der Waals surface area contributed by atoms with E-state index in [4.69, 9.17) is 15.5 Å². The summed E-state index contributed by atoms with van der Waals surface area (Å²) in [7, 11) is -4.30. The second-order valence-electron chi connectivity index (χ2n) is 7.37. The van der Waals surface area contributed by atoms with Crippen LogP contribution in [0.25, 0.3) is 0 Å². The van der Waals surface area contributed by atoms with Crippen LogP contribution >= 0.6 is 7.60 Å². The summed E-state index contributed by atoms with van der Waals surface area (Å²) in [4.78, 5) is 18.3. The summed E-state index contributed by atoms with van der Waals surface area (Å²) in [5.74, 6) is 0.